The number of nitrogens with zero attached hydrogens (tertiary/aromatic N) is 2. The first-order valence-corrected chi connectivity index (χ1v) is 5.43. The maximum absolute atomic E-state index is 12.0. The lowest BCUT2D eigenvalue weighted by Crippen LogP contribution is -2.38. The molecule has 0 saturated heterocycles. The monoisotopic (exact) mass is 237 g/mol. The minimum absolute atomic E-state index is 0.127. The van der Waals surface area contributed by atoms with Crippen molar-refractivity contribution in [3.05, 3.63) is 27.0 Å². The van der Waals surface area contributed by atoms with Gasteiger partial charge in [-0.25, -0.2) is 4.79 Å². The van der Waals surface area contributed by atoms with Crippen LogP contribution in [0.3, 0.4) is 0 Å². The lowest BCUT2D eigenvalue weighted by molar-refractivity contribution is 0.479. The third-order valence-corrected chi connectivity index (χ3v) is 2.69. The van der Waals surface area contributed by atoms with Gasteiger partial charge >= 0.3 is 5.69 Å². The zero-order valence-electron chi connectivity index (χ0n) is 10.0. The molecule has 0 bridgehead atoms. The molecule has 0 saturated carbocycles. The van der Waals surface area contributed by atoms with Gasteiger partial charge < -0.3 is 10.1 Å². The smallest absolute Gasteiger partial charge is 0.332 e. The fourth-order valence-corrected chi connectivity index (χ4v) is 1.89. The highest BCUT2D eigenvalue weighted by Gasteiger charge is 2.15. The molecule has 0 aromatic carbocycles. The summed E-state index contributed by atoms with van der Waals surface area (Å²) in [6.45, 7) is 4.45. The van der Waals surface area contributed by atoms with Crippen LogP contribution < -0.4 is 11.2 Å². The fraction of sp³-hybridized carbons (Fsp3) is 0.455. The van der Waals surface area contributed by atoms with Crippen LogP contribution in [0.15, 0.2) is 15.8 Å². The second kappa shape index (κ2) is 3.80. The third-order valence-electron chi connectivity index (χ3n) is 2.69. The summed E-state index contributed by atoms with van der Waals surface area (Å²) in [4.78, 5) is 26.6. The average Bonchev–Trinajstić information content (AvgIpc) is 2.63. The molecule has 0 unspecified atom stereocenters. The summed E-state index contributed by atoms with van der Waals surface area (Å²) in [5.74, 6) is 0.136. The van der Waals surface area contributed by atoms with Crippen molar-refractivity contribution >= 4 is 11.0 Å². The molecule has 0 fully saturated rings. The zero-order valence-corrected chi connectivity index (χ0v) is 10.0. The van der Waals surface area contributed by atoms with Crippen molar-refractivity contribution in [3.8, 4) is 5.75 Å². The lowest BCUT2D eigenvalue weighted by Gasteiger charge is -2.11. The summed E-state index contributed by atoms with van der Waals surface area (Å²) >= 11 is 0. The van der Waals surface area contributed by atoms with Gasteiger partial charge in [-0.05, 0) is 5.92 Å². The molecule has 0 amide bonds. The average molecular weight is 237 g/mol. The molecule has 0 radical (unpaired) electrons. The van der Waals surface area contributed by atoms with Crippen LogP contribution in [0.5, 0.6) is 5.75 Å². The van der Waals surface area contributed by atoms with Gasteiger partial charge in [-0.15, -0.1) is 0 Å². The molecule has 0 aliphatic heterocycles. The molecule has 2 rings (SSSR count). The van der Waals surface area contributed by atoms with Crippen molar-refractivity contribution in [2.45, 2.75) is 20.4 Å². The van der Waals surface area contributed by atoms with Crippen molar-refractivity contribution in [2.75, 3.05) is 0 Å². The number of nitrogens with one attached hydrogen (secondary N) is 1. The SMILES string of the molecule is CC(C)Cn1c(=O)n(C)c(=O)c2c(O)c[nH]c21. The second-order valence-corrected chi connectivity index (χ2v) is 4.55. The summed E-state index contributed by atoms with van der Waals surface area (Å²) in [6, 6.07) is 0. The Hall–Kier alpha value is -1.98. The minimum atomic E-state index is -0.483. The molecule has 0 aliphatic carbocycles. The summed E-state index contributed by atoms with van der Waals surface area (Å²) in [5.41, 5.74) is -0.480. The van der Waals surface area contributed by atoms with Gasteiger partial charge in [-0.2, -0.15) is 0 Å². The standard InChI is InChI=1S/C11H15N3O3/c1-6(2)5-14-9-8(7(15)4-12-9)10(16)13(3)11(14)17/h4,6,12,15H,5H2,1-3H3. The first-order valence-electron chi connectivity index (χ1n) is 5.43. The van der Waals surface area contributed by atoms with E-state index in [2.05, 4.69) is 4.98 Å². The van der Waals surface area contributed by atoms with Crippen LogP contribution in [0.2, 0.25) is 0 Å². The van der Waals surface area contributed by atoms with Gasteiger partial charge in [0.05, 0.1) is 0 Å². The third kappa shape index (κ3) is 1.65. The van der Waals surface area contributed by atoms with E-state index in [-0.39, 0.29) is 22.7 Å². The largest absolute Gasteiger partial charge is 0.505 e. The number of hydrogen-bond acceptors (Lipinski definition) is 3. The highest BCUT2D eigenvalue weighted by molar-refractivity contribution is 5.81. The minimum Gasteiger partial charge on any atom is -0.505 e. The Morgan fingerprint density at radius 2 is 2.06 bits per heavy atom. The lowest BCUT2D eigenvalue weighted by atomic mass is 10.2. The van der Waals surface area contributed by atoms with Gasteiger partial charge in [-0.3, -0.25) is 13.9 Å². The number of aromatic nitrogens is 3. The molecule has 2 aromatic rings. The Morgan fingerprint density at radius 1 is 1.41 bits per heavy atom. The Bertz CT molecular complexity index is 676. The van der Waals surface area contributed by atoms with E-state index in [1.165, 1.54) is 17.8 Å². The Morgan fingerprint density at radius 3 is 2.65 bits per heavy atom. The first-order chi connectivity index (χ1) is 7.93. The highest BCUT2D eigenvalue weighted by atomic mass is 16.3. The number of H-pyrrole nitrogens is 1. The molecular formula is C11H15N3O3. The summed E-state index contributed by atoms with van der Waals surface area (Å²) < 4.78 is 2.49. The molecular weight excluding hydrogens is 222 g/mol. The van der Waals surface area contributed by atoms with Crippen LogP contribution in [-0.2, 0) is 13.6 Å². The van der Waals surface area contributed by atoms with Crippen LogP contribution in [0, 0.1) is 5.92 Å². The van der Waals surface area contributed by atoms with E-state index in [9.17, 15) is 14.7 Å². The highest BCUT2D eigenvalue weighted by Crippen LogP contribution is 2.19. The van der Waals surface area contributed by atoms with E-state index < -0.39 is 5.56 Å². The summed E-state index contributed by atoms with van der Waals surface area (Å²) in [5, 5.41) is 9.77. The first kappa shape index (κ1) is 11.5. The van der Waals surface area contributed by atoms with Crippen LogP contribution >= 0.6 is 0 Å². The Labute approximate surface area is 97.1 Å². The van der Waals surface area contributed by atoms with Gasteiger partial charge in [0.2, 0.25) is 0 Å². The number of hydrogen-bond donors (Lipinski definition) is 2. The molecule has 6 heteroatoms. The number of rotatable bonds is 2. The van der Waals surface area contributed by atoms with Gasteiger partial charge in [-0.1, -0.05) is 13.8 Å². The second-order valence-electron chi connectivity index (χ2n) is 4.55. The molecule has 0 spiro atoms. The van der Waals surface area contributed by atoms with Crippen LogP contribution in [-0.4, -0.2) is 19.2 Å². The van der Waals surface area contributed by atoms with E-state index in [1.54, 1.807) is 0 Å². The molecule has 0 aliphatic rings. The topological polar surface area (TPSA) is 80.0 Å². The number of aromatic amines is 1. The van der Waals surface area contributed by atoms with Crippen LogP contribution in [0.1, 0.15) is 13.8 Å². The Balaban J connectivity index is 2.92. The maximum atomic E-state index is 12.0. The van der Waals surface area contributed by atoms with Gasteiger partial charge in [0.1, 0.15) is 16.8 Å². The molecule has 0 atom stereocenters. The van der Waals surface area contributed by atoms with Gasteiger partial charge in [0.25, 0.3) is 5.56 Å². The predicted molar refractivity (Wildman–Crippen MR) is 64.3 cm³/mol. The van der Waals surface area contributed by atoms with Crippen molar-refractivity contribution < 1.29 is 5.11 Å². The quantitative estimate of drug-likeness (QED) is 0.793. The normalized spacial score (nSPS) is 11.5. The molecule has 17 heavy (non-hydrogen) atoms. The number of fused-ring (bicyclic) bond motifs is 1. The van der Waals surface area contributed by atoms with Crippen molar-refractivity contribution in [3.63, 3.8) is 0 Å². The van der Waals surface area contributed by atoms with Gasteiger partial charge in [0, 0.05) is 19.8 Å². The van der Waals surface area contributed by atoms with Crippen LogP contribution in [0.25, 0.3) is 11.0 Å². The van der Waals surface area contributed by atoms with E-state index in [0.29, 0.717) is 12.2 Å². The molecule has 2 N–H and O–H groups in total. The van der Waals surface area contributed by atoms with E-state index in [0.717, 1.165) is 4.57 Å². The predicted octanol–water partition coefficient (Wildman–Crippen LogP) is 0.390. The van der Waals surface area contributed by atoms with E-state index >= 15 is 0 Å². The molecule has 6 nitrogen and oxygen atoms in total. The van der Waals surface area contributed by atoms with Crippen molar-refractivity contribution in [1.29, 1.82) is 0 Å². The Kier molecular flexibility index (Phi) is 2.57. The van der Waals surface area contributed by atoms with E-state index in [1.807, 2.05) is 13.8 Å². The van der Waals surface area contributed by atoms with Gasteiger partial charge in [0.15, 0.2) is 0 Å². The van der Waals surface area contributed by atoms with E-state index in [4.69, 9.17) is 0 Å². The molecule has 2 heterocycles. The summed E-state index contributed by atoms with van der Waals surface area (Å²) in [6.07, 6.45) is 1.32. The number of aromatic hydroxyl groups is 1. The zero-order chi connectivity index (χ0) is 12.7. The van der Waals surface area contributed by atoms with Crippen LogP contribution in [0.4, 0.5) is 0 Å². The molecule has 92 valence electrons. The molecule has 2 aromatic heterocycles. The van der Waals surface area contributed by atoms with Crippen molar-refractivity contribution in [2.24, 2.45) is 13.0 Å². The fourth-order valence-electron chi connectivity index (χ4n) is 1.89. The summed E-state index contributed by atoms with van der Waals surface area (Å²) in [7, 11) is 1.41. The van der Waals surface area contributed by atoms with Crippen molar-refractivity contribution in [1.82, 2.24) is 14.1 Å². The maximum Gasteiger partial charge on any atom is 0.332 e.